The number of rotatable bonds is 8. The predicted molar refractivity (Wildman–Crippen MR) is 160 cm³/mol. The molecular weight excluding hydrogens is 555 g/mol. The van der Waals surface area contributed by atoms with Crippen molar-refractivity contribution in [3.63, 3.8) is 0 Å². The average molecular weight is 593 g/mol. The monoisotopic (exact) mass is 592 g/mol. The number of nitrogens with zero attached hydrogens (tertiary/aromatic N) is 2. The van der Waals surface area contributed by atoms with Gasteiger partial charge in [-0.05, 0) is 74.1 Å². The van der Waals surface area contributed by atoms with Crippen molar-refractivity contribution in [2.24, 2.45) is 5.92 Å². The zero-order chi connectivity index (χ0) is 30.5. The number of carbonyl (C=O) groups excluding carboxylic acids is 2. The van der Waals surface area contributed by atoms with E-state index in [1.54, 1.807) is 23.1 Å². The Balaban J connectivity index is 1.34. The lowest BCUT2D eigenvalue weighted by Crippen LogP contribution is -2.47. The van der Waals surface area contributed by atoms with Gasteiger partial charge in [0.05, 0.1) is 19.1 Å². The van der Waals surface area contributed by atoms with Crippen molar-refractivity contribution in [2.45, 2.75) is 39.0 Å². The van der Waals surface area contributed by atoms with Crippen LogP contribution in [0.3, 0.4) is 0 Å². The minimum absolute atomic E-state index is 0.0429. The second kappa shape index (κ2) is 13.3. The summed E-state index contributed by atoms with van der Waals surface area (Å²) in [7, 11) is 2.01. The molecule has 228 valence electrons. The second-order valence-electron chi connectivity index (χ2n) is 11.2. The maximum atomic E-state index is 13.5. The molecule has 43 heavy (non-hydrogen) atoms. The summed E-state index contributed by atoms with van der Waals surface area (Å²) in [6.07, 6.45) is -0.237. The van der Waals surface area contributed by atoms with E-state index in [1.807, 2.05) is 39.1 Å². The third-order valence-corrected chi connectivity index (χ3v) is 7.66. The standard InChI is InChI=1S/C32H37FN4O6/c1-20-15-37(21(2)18-38)31(39)14-23-13-26(35-32(40)34-25-7-5-24(33)6-8-25)9-11-27(23)43-30(20)17-36(3)16-22-4-10-28-29(12-22)42-19-41-28/h4-13,20-21,30,38H,14-19H2,1-3H3,(H2,34,35,40)/t20-,21-,30+/m1/s1. The number of benzene rings is 3. The first-order chi connectivity index (χ1) is 20.7. The largest absolute Gasteiger partial charge is 0.488 e. The van der Waals surface area contributed by atoms with Gasteiger partial charge in [0.25, 0.3) is 0 Å². The Kier molecular flexibility index (Phi) is 9.32. The molecule has 2 heterocycles. The van der Waals surface area contributed by atoms with Crippen molar-refractivity contribution < 1.29 is 33.3 Å². The number of hydrogen-bond donors (Lipinski definition) is 3. The number of aliphatic hydroxyl groups excluding tert-OH is 1. The number of aliphatic hydroxyl groups is 1. The molecule has 3 N–H and O–H groups in total. The Labute approximate surface area is 250 Å². The molecule has 0 unspecified atom stereocenters. The van der Waals surface area contributed by atoms with Gasteiger partial charge in [0, 0.05) is 42.5 Å². The zero-order valence-corrected chi connectivity index (χ0v) is 24.5. The maximum absolute atomic E-state index is 13.5. The number of nitrogens with one attached hydrogen (secondary N) is 2. The summed E-state index contributed by atoms with van der Waals surface area (Å²) >= 11 is 0. The molecule has 3 atom stereocenters. The lowest BCUT2D eigenvalue weighted by molar-refractivity contribution is -0.134. The normalized spacial score (nSPS) is 18.7. The Morgan fingerprint density at radius 2 is 1.74 bits per heavy atom. The summed E-state index contributed by atoms with van der Waals surface area (Å²) in [5.74, 6) is 1.44. The molecule has 11 heteroatoms. The number of halogens is 1. The van der Waals surface area contributed by atoms with E-state index in [4.69, 9.17) is 14.2 Å². The molecule has 0 saturated heterocycles. The highest BCUT2D eigenvalue weighted by Crippen LogP contribution is 2.33. The number of amides is 3. The first-order valence-corrected chi connectivity index (χ1v) is 14.3. The van der Waals surface area contributed by atoms with Crippen molar-refractivity contribution >= 4 is 23.3 Å². The first-order valence-electron chi connectivity index (χ1n) is 14.3. The zero-order valence-electron chi connectivity index (χ0n) is 24.5. The van der Waals surface area contributed by atoms with Crippen LogP contribution in [0.2, 0.25) is 0 Å². The Morgan fingerprint density at radius 1 is 1.05 bits per heavy atom. The lowest BCUT2D eigenvalue weighted by Gasteiger charge is -2.34. The van der Waals surface area contributed by atoms with Gasteiger partial charge >= 0.3 is 6.03 Å². The fourth-order valence-electron chi connectivity index (χ4n) is 5.27. The van der Waals surface area contributed by atoms with Crippen molar-refractivity contribution in [3.05, 3.63) is 77.6 Å². The van der Waals surface area contributed by atoms with E-state index in [0.717, 1.165) is 17.1 Å². The van der Waals surface area contributed by atoms with Crippen molar-refractivity contribution in [1.82, 2.24) is 9.80 Å². The van der Waals surface area contributed by atoms with Crippen LogP contribution >= 0.6 is 0 Å². The molecule has 0 bridgehead atoms. The van der Waals surface area contributed by atoms with Gasteiger partial charge in [-0.2, -0.15) is 0 Å². The van der Waals surface area contributed by atoms with Crippen molar-refractivity contribution in [1.29, 1.82) is 0 Å². The van der Waals surface area contributed by atoms with E-state index >= 15 is 0 Å². The number of fused-ring (bicyclic) bond motifs is 2. The predicted octanol–water partition coefficient (Wildman–Crippen LogP) is 4.48. The number of urea groups is 1. The van der Waals surface area contributed by atoms with E-state index in [9.17, 15) is 19.1 Å². The number of hydrogen-bond acceptors (Lipinski definition) is 7. The quantitative estimate of drug-likeness (QED) is 0.354. The summed E-state index contributed by atoms with van der Waals surface area (Å²) in [6, 6.07) is 15.7. The van der Waals surface area contributed by atoms with Gasteiger partial charge < -0.3 is 34.9 Å². The highest BCUT2D eigenvalue weighted by Gasteiger charge is 2.31. The molecule has 0 radical (unpaired) electrons. The minimum atomic E-state index is -0.506. The lowest BCUT2D eigenvalue weighted by atomic mass is 10.0. The molecule has 0 fully saturated rings. The third-order valence-electron chi connectivity index (χ3n) is 7.66. The van der Waals surface area contributed by atoms with E-state index in [0.29, 0.717) is 42.3 Å². The van der Waals surface area contributed by atoms with E-state index in [-0.39, 0.29) is 43.8 Å². The topological polar surface area (TPSA) is 113 Å². The van der Waals surface area contributed by atoms with Crippen LogP contribution in [0.25, 0.3) is 0 Å². The van der Waals surface area contributed by atoms with Crippen LogP contribution < -0.4 is 24.8 Å². The summed E-state index contributed by atoms with van der Waals surface area (Å²) in [4.78, 5) is 30.0. The number of likely N-dealkylation sites (N-methyl/N-ethyl adjacent to an activating group) is 1. The third kappa shape index (κ3) is 7.54. The molecule has 10 nitrogen and oxygen atoms in total. The summed E-state index contributed by atoms with van der Waals surface area (Å²) < 4.78 is 30.8. The molecule has 0 aliphatic carbocycles. The molecule has 3 aromatic rings. The van der Waals surface area contributed by atoms with Gasteiger partial charge in [0.2, 0.25) is 12.7 Å². The number of carbonyl (C=O) groups is 2. The van der Waals surface area contributed by atoms with Crippen LogP contribution in [0, 0.1) is 11.7 Å². The molecule has 2 aliphatic heterocycles. The molecule has 0 spiro atoms. The van der Waals surface area contributed by atoms with Gasteiger partial charge in [0.15, 0.2) is 11.5 Å². The van der Waals surface area contributed by atoms with Crippen LogP contribution in [-0.2, 0) is 17.8 Å². The van der Waals surface area contributed by atoms with Gasteiger partial charge in [0.1, 0.15) is 17.7 Å². The highest BCUT2D eigenvalue weighted by atomic mass is 19.1. The SMILES string of the molecule is C[C@@H]1CN([C@H](C)CO)C(=O)Cc2cc(NC(=O)Nc3ccc(F)cc3)ccc2O[C@H]1CN(C)Cc1ccc2c(c1)OCO2. The minimum Gasteiger partial charge on any atom is -0.488 e. The number of ether oxygens (including phenoxy) is 3. The molecule has 3 aromatic carbocycles. The Morgan fingerprint density at radius 3 is 2.51 bits per heavy atom. The fourth-order valence-corrected chi connectivity index (χ4v) is 5.27. The van der Waals surface area contributed by atoms with Crippen LogP contribution in [0.5, 0.6) is 17.2 Å². The van der Waals surface area contributed by atoms with E-state index in [2.05, 4.69) is 15.5 Å². The highest BCUT2D eigenvalue weighted by molar-refractivity contribution is 6.00. The van der Waals surface area contributed by atoms with Gasteiger partial charge in [-0.1, -0.05) is 13.0 Å². The molecule has 3 amide bonds. The molecule has 5 rings (SSSR count). The van der Waals surface area contributed by atoms with Crippen molar-refractivity contribution in [3.8, 4) is 17.2 Å². The first kappa shape index (κ1) is 30.1. The van der Waals surface area contributed by atoms with Crippen molar-refractivity contribution in [2.75, 3.05) is 44.2 Å². The summed E-state index contributed by atoms with van der Waals surface area (Å²) in [5, 5.41) is 15.4. The summed E-state index contributed by atoms with van der Waals surface area (Å²) in [6.45, 7) is 5.57. The van der Waals surface area contributed by atoms with E-state index in [1.165, 1.54) is 24.3 Å². The molecule has 2 aliphatic rings. The molecule has 0 saturated carbocycles. The summed E-state index contributed by atoms with van der Waals surface area (Å²) in [5.41, 5.74) is 2.61. The smallest absolute Gasteiger partial charge is 0.323 e. The van der Waals surface area contributed by atoms with Crippen LogP contribution in [0.1, 0.15) is 25.0 Å². The molecule has 0 aromatic heterocycles. The molecular formula is C32H37FN4O6. The maximum Gasteiger partial charge on any atom is 0.323 e. The van der Waals surface area contributed by atoms with E-state index < -0.39 is 11.8 Å². The van der Waals surface area contributed by atoms with Gasteiger partial charge in [-0.25, -0.2) is 9.18 Å². The van der Waals surface area contributed by atoms with Crippen LogP contribution in [-0.4, -0.2) is 72.5 Å². The van der Waals surface area contributed by atoms with Crippen LogP contribution in [0.4, 0.5) is 20.6 Å². The second-order valence-corrected chi connectivity index (χ2v) is 11.2. The Hall–Kier alpha value is -4.35. The number of anilines is 2. The Bertz CT molecular complexity index is 1450. The van der Waals surface area contributed by atoms with Gasteiger partial charge in [-0.15, -0.1) is 0 Å². The average Bonchev–Trinajstić information content (AvgIpc) is 3.46. The van der Waals surface area contributed by atoms with Crippen LogP contribution in [0.15, 0.2) is 60.7 Å². The fraction of sp³-hybridized carbons (Fsp3) is 0.375. The van der Waals surface area contributed by atoms with Gasteiger partial charge in [-0.3, -0.25) is 9.69 Å².